The van der Waals surface area contributed by atoms with Crippen LogP contribution in [0, 0.1) is 5.82 Å². The summed E-state index contributed by atoms with van der Waals surface area (Å²) in [6.45, 7) is 0. The first kappa shape index (κ1) is 10.2. The maximum absolute atomic E-state index is 13.0. The van der Waals surface area contributed by atoms with Gasteiger partial charge in [0.25, 0.3) is 0 Å². The minimum absolute atomic E-state index is 0.138. The first-order valence-electron chi connectivity index (χ1n) is 4.47. The van der Waals surface area contributed by atoms with Crippen LogP contribution in [-0.4, -0.2) is 4.57 Å². The fourth-order valence-corrected chi connectivity index (χ4v) is 1.82. The number of nitrogens with zero attached hydrogens (tertiary/aromatic N) is 1. The molecule has 2 aromatic rings. The number of aromatic nitrogens is 1. The van der Waals surface area contributed by atoms with Gasteiger partial charge in [-0.1, -0.05) is 0 Å². The summed E-state index contributed by atoms with van der Waals surface area (Å²) in [6, 6.07) is 4.17. The van der Waals surface area contributed by atoms with Gasteiger partial charge in [-0.05, 0) is 18.2 Å². The molecule has 0 atom stereocenters. The zero-order valence-corrected chi connectivity index (χ0v) is 8.88. The molecule has 0 N–H and O–H groups in total. The van der Waals surface area contributed by atoms with E-state index in [2.05, 4.69) is 0 Å². The highest BCUT2D eigenvalue weighted by atomic mass is 35.5. The third-order valence-electron chi connectivity index (χ3n) is 2.37. The van der Waals surface area contributed by atoms with E-state index in [1.54, 1.807) is 23.9 Å². The summed E-state index contributed by atoms with van der Waals surface area (Å²) >= 11 is 5.64. The third-order valence-corrected chi connectivity index (χ3v) is 2.66. The Labute approximate surface area is 90.9 Å². The van der Waals surface area contributed by atoms with Crippen molar-refractivity contribution >= 4 is 22.5 Å². The molecule has 0 amide bonds. The number of pyridine rings is 1. The van der Waals surface area contributed by atoms with Gasteiger partial charge in [0, 0.05) is 24.2 Å². The molecule has 1 heterocycles. The van der Waals surface area contributed by atoms with Crippen LogP contribution in [0.25, 0.3) is 10.9 Å². The molecule has 0 spiro atoms. The van der Waals surface area contributed by atoms with Crippen molar-refractivity contribution in [2.24, 2.45) is 7.05 Å². The molecule has 0 aliphatic rings. The molecule has 1 aromatic carbocycles. The van der Waals surface area contributed by atoms with Crippen LogP contribution < -0.4 is 5.43 Å². The SMILES string of the molecule is Cn1cc(CCl)c(=O)c2cc(F)ccc21. The Morgan fingerprint density at radius 2 is 2.20 bits per heavy atom. The van der Waals surface area contributed by atoms with E-state index in [0.717, 1.165) is 0 Å². The van der Waals surface area contributed by atoms with Gasteiger partial charge >= 0.3 is 0 Å². The lowest BCUT2D eigenvalue weighted by molar-refractivity contribution is 0.629. The Kier molecular flexibility index (Phi) is 2.49. The Hall–Kier alpha value is -1.35. The maximum atomic E-state index is 13.0. The lowest BCUT2D eigenvalue weighted by Crippen LogP contribution is -2.12. The minimum atomic E-state index is -0.411. The normalized spacial score (nSPS) is 10.9. The summed E-state index contributed by atoms with van der Waals surface area (Å²) in [5, 5.41) is 0.371. The zero-order chi connectivity index (χ0) is 11.0. The summed E-state index contributed by atoms with van der Waals surface area (Å²) < 4.78 is 14.8. The van der Waals surface area contributed by atoms with Gasteiger partial charge < -0.3 is 4.57 Å². The summed E-state index contributed by atoms with van der Waals surface area (Å²) in [7, 11) is 1.80. The summed E-state index contributed by atoms with van der Waals surface area (Å²) in [5.41, 5.74) is 0.991. The van der Waals surface area contributed by atoms with Gasteiger partial charge in [-0.25, -0.2) is 4.39 Å². The number of benzene rings is 1. The minimum Gasteiger partial charge on any atom is -0.350 e. The van der Waals surface area contributed by atoms with E-state index in [0.29, 0.717) is 16.5 Å². The van der Waals surface area contributed by atoms with Gasteiger partial charge in [0.05, 0.1) is 11.4 Å². The maximum Gasteiger partial charge on any atom is 0.193 e. The van der Waals surface area contributed by atoms with Crippen LogP contribution in [0.1, 0.15) is 5.56 Å². The van der Waals surface area contributed by atoms with Crippen LogP contribution in [0.4, 0.5) is 4.39 Å². The molecule has 2 rings (SSSR count). The van der Waals surface area contributed by atoms with Crippen molar-refractivity contribution in [3.8, 4) is 0 Å². The van der Waals surface area contributed by atoms with Gasteiger partial charge in [-0.3, -0.25) is 4.79 Å². The molecule has 0 fully saturated rings. The molecule has 0 saturated carbocycles. The molecule has 0 aliphatic heterocycles. The van der Waals surface area contributed by atoms with Gasteiger partial charge in [0.1, 0.15) is 5.82 Å². The molecule has 78 valence electrons. The summed E-state index contributed by atoms with van der Waals surface area (Å²) in [6.07, 6.45) is 1.68. The topological polar surface area (TPSA) is 22.0 Å². The second kappa shape index (κ2) is 3.66. The predicted octanol–water partition coefficient (Wildman–Crippen LogP) is 2.42. The fraction of sp³-hybridized carbons (Fsp3) is 0.182. The van der Waals surface area contributed by atoms with Crippen LogP contribution in [0.3, 0.4) is 0 Å². The number of hydrogen-bond acceptors (Lipinski definition) is 1. The van der Waals surface area contributed by atoms with E-state index in [1.807, 2.05) is 0 Å². The molecule has 1 aromatic heterocycles. The standard InChI is InChI=1S/C11H9ClFNO/c1-14-6-7(5-12)11(15)9-4-8(13)2-3-10(9)14/h2-4,6H,5H2,1H3. The van der Waals surface area contributed by atoms with Crippen LogP contribution in [0.5, 0.6) is 0 Å². The van der Waals surface area contributed by atoms with Crippen LogP contribution in [0.2, 0.25) is 0 Å². The van der Waals surface area contributed by atoms with Gasteiger partial charge in [-0.15, -0.1) is 11.6 Å². The van der Waals surface area contributed by atoms with E-state index in [1.165, 1.54) is 12.1 Å². The van der Waals surface area contributed by atoms with Gasteiger partial charge in [0.2, 0.25) is 0 Å². The van der Waals surface area contributed by atoms with Crippen molar-refractivity contribution < 1.29 is 4.39 Å². The predicted molar refractivity (Wildman–Crippen MR) is 58.7 cm³/mol. The molecular formula is C11H9ClFNO. The van der Waals surface area contributed by atoms with Crippen molar-refractivity contribution in [1.29, 1.82) is 0 Å². The van der Waals surface area contributed by atoms with Crippen molar-refractivity contribution in [2.45, 2.75) is 5.88 Å². The highest BCUT2D eigenvalue weighted by Crippen LogP contribution is 2.13. The highest BCUT2D eigenvalue weighted by molar-refractivity contribution is 6.17. The lowest BCUT2D eigenvalue weighted by atomic mass is 10.1. The number of rotatable bonds is 1. The molecule has 4 heteroatoms. The fourth-order valence-electron chi connectivity index (χ4n) is 1.63. The van der Waals surface area contributed by atoms with Crippen LogP contribution >= 0.6 is 11.6 Å². The molecule has 0 saturated heterocycles. The van der Waals surface area contributed by atoms with E-state index in [9.17, 15) is 9.18 Å². The van der Waals surface area contributed by atoms with Gasteiger partial charge in [-0.2, -0.15) is 0 Å². The second-order valence-corrected chi connectivity index (χ2v) is 3.66. The number of hydrogen-bond donors (Lipinski definition) is 0. The van der Waals surface area contributed by atoms with Crippen molar-refractivity contribution in [1.82, 2.24) is 4.57 Å². The van der Waals surface area contributed by atoms with Crippen molar-refractivity contribution in [2.75, 3.05) is 0 Å². The third kappa shape index (κ3) is 1.63. The number of halogens is 2. The molecule has 15 heavy (non-hydrogen) atoms. The Bertz CT molecular complexity index is 577. The first-order chi connectivity index (χ1) is 7.13. The van der Waals surface area contributed by atoms with E-state index < -0.39 is 5.82 Å². The average molecular weight is 226 g/mol. The molecule has 2 nitrogen and oxygen atoms in total. The quantitative estimate of drug-likeness (QED) is 0.684. The Morgan fingerprint density at radius 1 is 1.47 bits per heavy atom. The summed E-state index contributed by atoms with van der Waals surface area (Å²) in [4.78, 5) is 11.8. The molecule has 0 aliphatic carbocycles. The average Bonchev–Trinajstić information content (AvgIpc) is 2.23. The Balaban J connectivity index is 2.95. The van der Waals surface area contributed by atoms with Crippen molar-refractivity contribution in [3.63, 3.8) is 0 Å². The van der Waals surface area contributed by atoms with Crippen LogP contribution in [0.15, 0.2) is 29.2 Å². The number of aryl methyl sites for hydroxylation is 1. The first-order valence-corrected chi connectivity index (χ1v) is 5.00. The van der Waals surface area contributed by atoms with E-state index >= 15 is 0 Å². The largest absolute Gasteiger partial charge is 0.350 e. The molecule has 0 radical (unpaired) electrons. The Morgan fingerprint density at radius 3 is 2.87 bits per heavy atom. The van der Waals surface area contributed by atoms with Crippen LogP contribution in [-0.2, 0) is 12.9 Å². The number of alkyl halides is 1. The lowest BCUT2D eigenvalue weighted by Gasteiger charge is -2.07. The van der Waals surface area contributed by atoms with Gasteiger partial charge in [0.15, 0.2) is 5.43 Å². The smallest absolute Gasteiger partial charge is 0.193 e. The van der Waals surface area contributed by atoms with Crippen molar-refractivity contribution in [3.05, 3.63) is 46.0 Å². The molecule has 0 unspecified atom stereocenters. The summed E-state index contributed by atoms with van der Waals surface area (Å²) in [5.74, 6) is -0.273. The second-order valence-electron chi connectivity index (χ2n) is 3.39. The highest BCUT2D eigenvalue weighted by Gasteiger charge is 2.07. The number of fused-ring (bicyclic) bond motifs is 1. The van der Waals surface area contributed by atoms with E-state index in [4.69, 9.17) is 11.6 Å². The van der Waals surface area contributed by atoms with E-state index in [-0.39, 0.29) is 11.3 Å². The molecular weight excluding hydrogens is 217 g/mol. The zero-order valence-electron chi connectivity index (χ0n) is 8.13. The molecule has 0 bridgehead atoms. The monoisotopic (exact) mass is 225 g/mol.